The van der Waals surface area contributed by atoms with E-state index in [1.807, 2.05) is 4.90 Å². The highest BCUT2D eigenvalue weighted by Gasteiger charge is 2.31. The summed E-state index contributed by atoms with van der Waals surface area (Å²) in [6, 6.07) is 4.69. The predicted octanol–water partition coefficient (Wildman–Crippen LogP) is 1.17. The highest BCUT2D eigenvalue weighted by atomic mass is 16.4. The molecule has 0 aromatic heterocycles. The summed E-state index contributed by atoms with van der Waals surface area (Å²) < 4.78 is 0. The van der Waals surface area contributed by atoms with Crippen molar-refractivity contribution in [1.29, 1.82) is 0 Å². The zero-order valence-electron chi connectivity index (χ0n) is 10.3. The third-order valence-corrected chi connectivity index (χ3v) is 3.66. The van der Waals surface area contributed by atoms with Gasteiger partial charge in [0.05, 0.1) is 29.6 Å². The first kappa shape index (κ1) is 12.7. The molecule has 18 heavy (non-hydrogen) atoms. The predicted molar refractivity (Wildman–Crippen MR) is 69.8 cm³/mol. The molecule has 2 unspecified atom stereocenters. The van der Waals surface area contributed by atoms with Crippen molar-refractivity contribution in [3.8, 4) is 0 Å². The minimum atomic E-state index is -0.968. The van der Waals surface area contributed by atoms with Gasteiger partial charge in [-0.25, -0.2) is 4.79 Å². The minimum absolute atomic E-state index is 0.0105. The van der Waals surface area contributed by atoms with Crippen molar-refractivity contribution < 1.29 is 15.0 Å². The zero-order valence-corrected chi connectivity index (χ0v) is 10.3. The SMILES string of the molecule is CC1CCN(c2cc(C(=O)O)ccc2N)C1CO. The van der Waals surface area contributed by atoms with Crippen LogP contribution in [0.2, 0.25) is 0 Å². The Bertz CT molecular complexity index is 462. The number of hydrogen-bond acceptors (Lipinski definition) is 4. The third-order valence-electron chi connectivity index (χ3n) is 3.66. The first-order chi connectivity index (χ1) is 8.54. The van der Waals surface area contributed by atoms with E-state index in [1.165, 1.54) is 6.07 Å². The van der Waals surface area contributed by atoms with Gasteiger partial charge in [-0.3, -0.25) is 0 Å². The average molecular weight is 250 g/mol. The lowest BCUT2D eigenvalue weighted by Gasteiger charge is -2.28. The molecule has 0 aliphatic carbocycles. The fourth-order valence-corrected chi connectivity index (χ4v) is 2.51. The van der Waals surface area contributed by atoms with E-state index in [0.29, 0.717) is 17.3 Å². The van der Waals surface area contributed by atoms with E-state index in [1.54, 1.807) is 12.1 Å². The van der Waals surface area contributed by atoms with Crippen LogP contribution < -0.4 is 10.6 Å². The number of nitrogens with two attached hydrogens (primary N) is 1. The third kappa shape index (κ3) is 2.13. The summed E-state index contributed by atoms with van der Waals surface area (Å²) >= 11 is 0. The van der Waals surface area contributed by atoms with Gasteiger partial charge in [-0.15, -0.1) is 0 Å². The van der Waals surface area contributed by atoms with Crippen LogP contribution in [0.1, 0.15) is 23.7 Å². The van der Waals surface area contributed by atoms with Gasteiger partial charge < -0.3 is 20.8 Å². The number of rotatable bonds is 3. The Labute approximate surface area is 106 Å². The molecule has 0 spiro atoms. The summed E-state index contributed by atoms with van der Waals surface area (Å²) in [6.07, 6.45) is 0.974. The molecular weight excluding hydrogens is 232 g/mol. The number of nitrogen functional groups attached to an aromatic ring is 1. The smallest absolute Gasteiger partial charge is 0.335 e. The minimum Gasteiger partial charge on any atom is -0.478 e. The van der Waals surface area contributed by atoms with Crippen LogP contribution in [-0.4, -0.2) is 35.4 Å². The number of aliphatic hydroxyl groups is 1. The van der Waals surface area contributed by atoms with Crippen LogP contribution in [0, 0.1) is 5.92 Å². The van der Waals surface area contributed by atoms with Crippen molar-refractivity contribution in [2.45, 2.75) is 19.4 Å². The van der Waals surface area contributed by atoms with Crippen LogP contribution in [0.4, 0.5) is 11.4 Å². The number of benzene rings is 1. The molecule has 0 radical (unpaired) electrons. The standard InChI is InChI=1S/C13H18N2O3/c1-8-4-5-15(12(8)7-16)11-6-9(13(17)18)2-3-10(11)14/h2-3,6,8,12,16H,4-5,7,14H2,1H3,(H,17,18). The molecule has 1 heterocycles. The van der Waals surface area contributed by atoms with E-state index in [9.17, 15) is 9.90 Å². The van der Waals surface area contributed by atoms with Crippen LogP contribution in [0.5, 0.6) is 0 Å². The van der Waals surface area contributed by atoms with E-state index in [0.717, 1.165) is 13.0 Å². The quantitative estimate of drug-likeness (QED) is 0.701. The van der Waals surface area contributed by atoms with Gasteiger partial charge in [-0.2, -0.15) is 0 Å². The molecule has 1 aromatic rings. The average Bonchev–Trinajstić information content (AvgIpc) is 2.70. The van der Waals surface area contributed by atoms with Crippen LogP contribution in [-0.2, 0) is 0 Å². The second-order valence-corrected chi connectivity index (χ2v) is 4.79. The van der Waals surface area contributed by atoms with Gasteiger partial charge in [0.2, 0.25) is 0 Å². The molecular formula is C13H18N2O3. The van der Waals surface area contributed by atoms with Crippen LogP contribution in [0.3, 0.4) is 0 Å². The number of carboxylic acids is 1. The monoisotopic (exact) mass is 250 g/mol. The highest BCUT2D eigenvalue weighted by Crippen LogP contribution is 2.33. The van der Waals surface area contributed by atoms with Crippen LogP contribution >= 0.6 is 0 Å². The van der Waals surface area contributed by atoms with Crippen LogP contribution in [0.15, 0.2) is 18.2 Å². The number of anilines is 2. The molecule has 5 heteroatoms. The van der Waals surface area contributed by atoms with Gasteiger partial charge in [0, 0.05) is 6.54 Å². The van der Waals surface area contributed by atoms with Gasteiger partial charge in [-0.05, 0) is 30.5 Å². The van der Waals surface area contributed by atoms with Gasteiger partial charge >= 0.3 is 5.97 Å². The maximum absolute atomic E-state index is 11.0. The Morgan fingerprint density at radius 2 is 2.28 bits per heavy atom. The number of aliphatic hydroxyl groups excluding tert-OH is 1. The summed E-state index contributed by atoms with van der Waals surface area (Å²) in [5.74, 6) is -0.591. The Hall–Kier alpha value is -1.75. The fraction of sp³-hybridized carbons (Fsp3) is 0.462. The summed E-state index contributed by atoms with van der Waals surface area (Å²) in [6.45, 7) is 2.93. The summed E-state index contributed by atoms with van der Waals surface area (Å²) in [5.41, 5.74) is 7.39. The maximum atomic E-state index is 11.0. The highest BCUT2D eigenvalue weighted by molar-refractivity contribution is 5.90. The molecule has 1 fully saturated rings. The largest absolute Gasteiger partial charge is 0.478 e. The molecule has 1 saturated heterocycles. The zero-order chi connectivity index (χ0) is 13.3. The summed E-state index contributed by atoms with van der Waals surface area (Å²) in [5, 5.41) is 18.4. The molecule has 98 valence electrons. The molecule has 0 amide bonds. The van der Waals surface area contributed by atoms with E-state index in [4.69, 9.17) is 10.8 Å². The summed E-state index contributed by atoms with van der Waals surface area (Å²) in [7, 11) is 0. The van der Waals surface area contributed by atoms with Crippen molar-refractivity contribution in [1.82, 2.24) is 0 Å². The molecule has 2 rings (SSSR count). The molecule has 1 aromatic carbocycles. The van der Waals surface area contributed by atoms with E-state index < -0.39 is 5.97 Å². The fourth-order valence-electron chi connectivity index (χ4n) is 2.51. The molecule has 4 N–H and O–H groups in total. The van der Waals surface area contributed by atoms with Crippen molar-refractivity contribution in [3.63, 3.8) is 0 Å². The lowest BCUT2D eigenvalue weighted by atomic mass is 10.0. The molecule has 0 bridgehead atoms. The van der Waals surface area contributed by atoms with Crippen molar-refractivity contribution in [3.05, 3.63) is 23.8 Å². The van der Waals surface area contributed by atoms with E-state index >= 15 is 0 Å². The number of aromatic carboxylic acids is 1. The topological polar surface area (TPSA) is 86.8 Å². The summed E-state index contributed by atoms with van der Waals surface area (Å²) in [4.78, 5) is 13.0. The maximum Gasteiger partial charge on any atom is 0.335 e. The Kier molecular flexibility index (Phi) is 3.43. The first-order valence-corrected chi connectivity index (χ1v) is 6.05. The Balaban J connectivity index is 2.38. The van der Waals surface area contributed by atoms with Gasteiger partial charge in [0.25, 0.3) is 0 Å². The first-order valence-electron chi connectivity index (χ1n) is 6.05. The van der Waals surface area contributed by atoms with Crippen molar-refractivity contribution in [2.75, 3.05) is 23.8 Å². The molecule has 5 nitrogen and oxygen atoms in total. The van der Waals surface area contributed by atoms with Crippen molar-refractivity contribution >= 4 is 17.3 Å². The Morgan fingerprint density at radius 3 is 2.89 bits per heavy atom. The molecule has 2 atom stereocenters. The lowest BCUT2D eigenvalue weighted by molar-refractivity contribution is 0.0697. The number of nitrogens with zero attached hydrogens (tertiary/aromatic N) is 1. The molecule has 1 aliphatic heterocycles. The number of carbonyl (C=O) groups is 1. The van der Waals surface area contributed by atoms with E-state index in [-0.39, 0.29) is 18.2 Å². The van der Waals surface area contributed by atoms with Crippen LogP contribution in [0.25, 0.3) is 0 Å². The molecule has 1 aliphatic rings. The second-order valence-electron chi connectivity index (χ2n) is 4.79. The van der Waals surface area contributed by atoms with Gasteiger partial charge in [0.1, 0.15) is 0 Å². The van der Waals surface area contributed by atoms with E-state index in [2.05, 4.69) is 6.92 Å². The molecule has 0 saturated carbocycles. The van der Waals surface area contributed by atoms with Gasteiger partial charge in [0.15, 0.2) is 0 Å². The second kappa shape index (κ2) is 4.86. The van der Waals surface area contributed by atoms with Crippen molar-refractivity contribution in [2.24, 2.45) is 5.92 Å². The number of carboxylic acid groups (broad SMARTS) is 1. The van der Waals surface area contributed by atoms with Gasteiger partial charge in [-0.1, -0.05) is 6.92 Å². The normalized spacial score (nSPS) is 23.3. The number of hydrogen-bond donors (Lipinski definition) is 3. The Morgan fingerprint density at radius 1 is 1.56 bits per heavy atom. The lowest BCUT2D eigenvalue weighted by Crippen LogP contribution is -2.35.